The molecule has 0 bridgehead atoms. The lowest BCUT2D eigenvalue weighted by Crippen LogP contribution is -2.54. The van der Waals surface area contributed by atoms with Gasteiger partial charge in [-0.2, -0.15) is 0 Å². The third-order valence-electron chi connectivity index (χ3n) is 8.34. The number of imidazole rings is 1. The Morgan fingerprint density at radius 1 is 1.12 bits per heavy atom. The second kappa shape index (κ2) is 13.5. The average Bonchev–Trinajstić information content (AvgIpc) is 3.43. The predicted molar refractivity (Wildman–Crippen MR) is 158 cm³/mol. The fourth-order valence-electron chi connectivity index (χ4n) is 6.27. The van der Waals surface area contributed by atoms with Gasteiger partial charge in [0.05, 0.1) is 37.7 Å². The van der Waals surface area contributed by atoms with Crippen LogP contribution in [0.5, 0.6) is 5.75 Å². The van der Waals surface area contributed by atoms with Crippen molar-refractivity contribution >= 4 is 11.9 Å². The van der Waals surface area contributed by atoms with E-state index in [1.54, 1.807) is 37.7 Å². The lowest BCUT2D eigenvalue weighted by atomic mass is 9.80. The highest BCUT2D eigenvalue weighted by Crippen LogP contribution is 2.41. The zero-order valence-electron chi connectivity index (χ0n) is 24.1. The Hall–Kier alpha value is -3.73. The summed E-state index contributed by atoms with van der Waals surface area (Å²) in [4.78, 5) is 31.7. The molecule has 0 unspecified atom stereocenters. The van der Waals surface area contributed by atoms with E-state index in [1.807, 2.05) is 39.8 Å². The molecule has 0 spiro atoms. The van der Waals surface area contributed by atoms with E-state index in [2.05, 4.69) is 10.3 Å². The van der Waals surface area contributed by atoms with Crippen LogP contribution in [-0.2, 0) is 16.0 Å². The first-order valence-corrected chi connectivity index (χ1v) is 14.7. The number of carbonyl (C=O) groups excluding carboxylic acids is 1. The molecule has 42 heavy (non-hydrogen) atoms. The van der Waals surface area contributed by atoms with Gasteiger partial charge < -0.3 is 34.5 Å². The van der Waals surface area contributed by atoms with Crippen molar-refractivity contribution in [2.75, 3.05) is 40.0 Å². The van der Waals surface area contributed by atoms with Crippen LogP contribution in [0.2, 0.25) is 0 Å². The lowest BCUT2D eigenvalue weighted by Gasteiger charge is -2.41. The van der Waals surface area contributed by atoms with Crippen molar-refractivity contribution in [3.63, 3.8) is 0 Å². The molecule has 1 aliphatic carbocycles. The van der Waals surface area contributed by atoms with E-state index in [9.17, 15) is 14.7 Å². The number of aliphatic hydroxyl groups is 1. The van der Waals surface area contributed by atoms with Crippen molar-refractivity contribution in [1.82, 2.24) is 19.8 Å². The molecule has 1 aliphatic heterocycles. The SMILES string of the molecule is COC[C@]1(O)CCCC[C@H]1n1cnc(C(=O)N2CCNC[C@H]2CCOc2ccc(CC(=O)O)cc2)c1-c1ccccc1. The second-order valence-corrected chi connectivity index (χ2v) is 11.2. The minimum absolute atomic E-state index is 0.0295. The number of aliphatic carboxylic acids is 1. The molecule has 10 heteroatoms. The van der Waals surface area contributed by atoms with Crippen LogP contribution >= 0.6 is 0 Å². The number of benzene rings is 2. The van der Waals surface area contributed by atoms with Crippen LogP contribution in [0.4, 0.5) is 0 Å². The minimum atomic E-state index is -1.04. The van der Waals surface area contributed by atoms with Gasteiger partial charge >= 0.3 is 5.97 Å². The number of rotatable bonds is 11. The highest BCUT2D eigenvalue weighted by Gasteiger charge is 2.42. The van der Waals surface area contributed by atoms with E-state index in [0.29, 0.717) is 56.1 Å². The molecule has 5 rings (SSSR count). The van der Waals surface area contributed by atoms with Crippen LogP contribution in [0.15, 0.2) is 60.9 Å². The molecule has 1 amide bonds. The van der Waals surface area contributed by atoms with E-state index >= 15 is 0 Å². The molecule has 0 radical (unpaired) electrons. The number of hydrogen-bond donors (Lipinski definition) is 3. The Morgan fingerprint density at radius 2 is 1.90 bits per heavy atom. The minimum Gasteiger partial charge on any atom is -0.494 e. The van der Waals surface area contributed by atoms with E-state index in [0.717, 1.165) is 30.5 Å². The lowest BCUT2D eigenvalue weighted by molar-refractivity contribution is -0.136. The summed E-state index contributed by atoms with van der Waals surface area (Å²) in [5.74, 6) is -0.349. The van der Waals surface area contributed by atoms with Gasteiger partial charge in [0, 0.05) is 44.8 Å². The summed E-state index contributed by atoms with van der Waals surface area (Å²) >= 11 is 0. The third-order valence-corrected chi connectivity index (χ3v) is 8.34. The summed E-state index contributed by atoms with van der Waals surface area (Å²) in [5, 5.41) is 24.0. The first-order chi connectivity index (χ1) is 20.4. The number of piperazine rings is 1. The molecule has 1 aromatic heterocycles. The second-order valence-electron chi connectivity index (χ2n) is 11.2. The number of ether oxygens (including phenoxy) is 2. The van der Waals surface area contributed by atoms with Crippen LogP contribution in [0, 0.1) is 0 Å². The van der Waals surface area contributed by atoms with Crippen LogP contribution in [0.1, 0.15) is 54.2 Å². The molecular formula is C32H40N4O6. The van der Waals surface area contributed by atoms with Crippen molar-refractivity contribution < 1.29 is 29.3 Å². The summed E-state index contributed by atoms with van der Waals surface area (Å²) in [5.41, 5.74) is 1.65. The Morgan fingerprint density at radius 3 is 2.64 bits per heavy atom. The van der Waals surface area contributed by atoms with Crippen LogP contribution in [0.3, 0.4) is 0 Å². The Bertz CT molecular complexity index is 1340. The van der Waals surface area contributed by atoms with Gasteiger partial charge in [0.25, 0.3) is 5.91 Å². The van der Waals surface area contributed by atoms with Crippen molar-refractivity contribution in [2.24, 2.45) is 0 Å². The molecule has 3 N–H and O–H groups in total. The molecule has 1 saturated heterocycles. The summed E-state index contributed by atoms with van der Waals surface area (Å²) in [6.07, 6.45) is 5.60. The molecule has 3 atom stereocenters. The maximum Gasteiger partial charge on any atom is 0.307 e. The maximum absolute atomic E-state index is 14.2. The number of carboxylic acid groups (broad SMARTS) is 1. The predicted octanol–water partition coefficient (Wildman–Crippen LogP) is 3.55. The van der Waals surface area contributed by atoms with E-state index < -0.39 is 11.6 Å². The highest BCUT2D eigenvalue weighted by atomic mass is 16.5. The van der Waals surface area contributed by atoms with Crippen LogP contribution in [0.25, 0.3) is 11.3 Å². The number of amides is 1. The molecule has 224 valence electrons. The van der Waals surface area contributed by atoms with Gasteiger partial charge in [0.2, 0.25) is 0 Å². The summed E-state index contributed by atoms with van der Waals surface area (Å²) < 4.78 is 13.4. The zero-order valence-corrected chi connectivity index (χ0v) is 24.1. The fraction of sp³-hybridized carbons (Fsp3) is 0.469. The average molecular weight is 577 g/mol. The van der Waals surface area contributed by atoms with Crippen LogP contribution in [-0.4, -0.2) is 88.1 Å². The number of hydrogen-bond acceptors (Lipinski definition) is 7. The molecule has 2 heterocycles. The van der Waals surface area contributed by atoms with E-state index in [1.165, 1.54) is 0 Å². The smallest absolute Gasteiger partial charge is 0.307 e. The molecule has 3 aromatic rings. The summed E-state index contributed by atoms with van der Waals surface area (Å²) in [7, 11) is 1.60. The standard InChI is InChI=1S/C32H40N4O6/c1-41-21-32(40)15-6-5-9-27(32)36-22-34-29(30(36)24-7-3-2-4-8-24)31(39)35-17-16-33-20-25(35)14-18-42-26-12-10-23(11-13-26)19-28(37)38/h2-4,7-8,10-13,22,25,27,33,40H,5-6,9,14-21H2,1H3,(H,37,38)/t25-,27-,32-/m1/s1. The Balaban J connectivity index is 1.36. The van der Waals surface area contributed by atoms with Gasteiger partial charge in [0.1, 0.15) is 11.4 Å². The van der Waals surface area contributed by atoms with Crippen molar-refractivity contribution in [2.45, 2.75) is 56.2 Å². The number of aromatic nitrogens is 2. The van der Waals surface area contributed by atoms with E-state index in [4.69, 9.17) is 14.6 Å². The first kappa shape index (κ1) is 29.8. The zero-order chi connectivity index (χ0) is 29.5. The molecule has 10 nitrogen and oxygen atoms in total. The summed E-state index contributed by atoms with van der Waals surface area (Å²) in [6, 6.07) is 16.5. The van der Waals surface area contributed by atoms with Gasteiger partial charge in [-0.25, -0.2) is 4.98 Å². The van der Waals surface area contributed by atoms with Crippen molar-refractivity contribution in [3.05, 3.63) is 72.2 Å². The number of methoxy groups -OCH3 is 1. The largest absolute Gasteiger partial charge is 0.494 e. The number of carboxylic acids is 1. The van der Waals surface area contributed by atoms with Gasteiger partial charge in [-0.15, -0.1) is 0 Å². The van der Waals surface area contributed by atoms with Crippen LogP contribution < -0.4 is 10.1 Å². The Kier molecular flexibility index (Phi) is 9.56. The van der Waals surface area contributed by atoms with Gasteiger partial charge in [-0.1, -0.05) is 55.3 Å². The number of carbonyl (C=O) groups is 2. The number of nitrogens with one attached hydrogen (secondary N) is 1. The monoisotopic (exact) mass is 576 g/mol. The molecule has 1 saturated carbocycles. The first-order valence-electron chi connectivity index (χ1n) is 14.7. The molecule has 2 aliphatic rings. The molecule has 2 fully saturated rings. The molecular weight excluding hydrogens is 536 g/mol. The number of nitrogens with zero attached hydrogens (tertiary/aromatic N) is 3. The topological polar surface area (TPSA) is 126 Å². The van der Waals surface area contributed by atoms with Gasteiger partial charge in [-0.3, -0.25) is 9.59 Å². The van der Waals surface area contributed by atoms with Crippen molar-refractivity contribution in [1.29, 1.82) is 0 Å². The Labute approximate surface area is 246 Å². The van der Waals surface area contributed by atoms with Gasteiger partial charge in [0.15, 0.2) is 5.69 Å². The van der Waals surface area contributed by atoms with E-state index in [-0.39, 0.29) is 31.0 Å². The normalized spacial score (nSPS) is 22.6. The fourth-order valence-corrected chi connectivity index (χ4v) is 6.27. The third kappa shape index (κ3) is 6.67. The highest BCUT2D eigenvalue weighted by molar-refractivity contribution is 5.98. The quantitative estimate of drug-likeness (QED) is 0.317. The van der Waals surface area contributed by atoms with Crippen molar-refractivity contribution in [3.8, 4) is 17.0 Å². The summed E-state index contributed by atoms with van der Waals surface area (Å²) in [6.45, 7) is 2.50. The maximum atomic E-state index is 14.2. The van der Waals surface area contributed by atoms with Gasteiger partial charge in [-0.05, 0) is 30.5 Å². The molecule has 2 aromatic carbocycles.